The molecule has 1 fully saturated rings. The van der Waals surface area contributed by atoms with Gasteiger partial charge in [0.25, 0.3) is 5.91 Å². The number of nitrogens with zero attached hydrogens (tertiary/aromatic N) is 1. The van der Waals surface area contributed by atoms with Crippen molar-refractivity contribution in [3.63, 3.8) is 0 Å². The molecule has 0 spiro atoms. The Bertz CT molecular complexity index is 776. The lowest BCUT2D eigenvalue weighted by Gasteiger charge is -2.29. The van der Waals surface area contributed by atoms with E-state index in [0.29, 0.717) is 22.8 Å². The molecule has 0 aliphatic carbocycles. The molecule has 6 heteroatoms. The first-order chi connectivity index (χ1) is 13.2. The summed E-state index contributed by atoms with van der Waals surface area (Å²) < 4.78 is 16.0. The standard InChI is InChI=1S/C21H26N2O4/c1-25-18-12-15(13-19(26-2)20(18)27-3)21(24)22-16-8-7-9-17(14-16)23-10-5-4-6-11-23/h7-9,12-14H,4-6,10-11H2,1-3H3,(H,22,24). The van der Waals surface area contributed by atoms with Crippen LogP contribution in [0.4, 0.5) is 11.4 Å². The van der Waals surface area contributed by atoms with Crippen molar-refractivity contribution >= 4 is 17.3 Å². The highest BCUT2D eigenvalue weighted by Crippen LogP contribution is 2.38. The van der Waals surface area contributed by atoms with Gasteiger partial charge >= 0.3 is 0 Å². The summed E-state index contributed by atoms with van der Waals surface area (Å²) in [7, 11) is 4.59. The highest BCUT2D eigenvalue weighted by atomic mass is 16.5. The van der Waals surface area contributed by atoms with Crippen LogP contribution in [0, 0.1) is 0 Å². The number of hydrogen-bond donors (Lipinski definition) is 1. The van der Waals surface area contributed by atoms with Crippen LogP contribution in [0.1, 0.15) is 29.6 Å². The Balaban J connectivity index is 1.81. The summed E-state index contributed by atoms with van der Waals surface area (Å²) in [6, 6.07) is 11.2. The third-order valence-corrected chi connectivity index (χ3v) is 4.75. The van der Waals surface area contributed by atoms with Gasteiger partial charge in [-0.25, -0.2) is 0 Å². The fourth-order valence-corrected chi connectivity index (χ4v) is 3.35. The van der Waals surface area contributed by atoms with E-state index in [1.165, 1.54) is 40.6 Å². The lowest BCUT2D eigenvalue weighted by Crippen LogP contribution is -2.29. The number of carbonyl (C=O) groups excluding carboxylic acids is 1. The maximum Gasteiger partial charge on any atom is 0.255 e. The summed E-state index contributed by atoms with van der Waals surface area (Å²) in [6.45, 7) is 2.12. The number of rotatable bonds is 6. The van der Waals surface area contributed by atoms with E-state index in [9.17, 15) is 4.79 Å². The Morgan fingerprint density at radius 2 is 1.59 bits per heavy atom. The number of benzene rings is 2. The number of amides is 1. The SMILES string of the molecule is COc1cc(C(=O)Nc2cccc(N3CCCCC3)c2)cc(OC)c1OC. The molecule has 0 unspecified atom stereocenters. The Labute approximate surface area is 160 Å². The molecular weight excluding hydrogens is 344 g/mol. The summed E-state index contributed by atoms with van der Waals surface area (Å²) >= 11 is 0. The summed E-state index contributed by atoms with van der Waals surface area (Å²) in [5.41, 5.74) is 2.34. The van der Waals surface area contributed by atoms with Crippen molar-refractivity contribution in [1.82, 2.24) is 0 Å². The van der Waals surface area contributed by atoms with E-state index >= 15 is 0 Å². The molecule has 1 N–H and O–H groups in total. The number of nitrogens with one attached hydrogen (secondary N) is 1. The lowest BCUT2D eigenvalue weighted by molar-refractivity contribution is 0.102. The van der Waals surface area contributed by atoms with E-state index in [1.807, 2.05) is 18.2 Å². The molecule has 0 aromatic heterocycles. The number of carbonyl (C=O) groups is 1. The Hall–Kier alpha value is -2.89. The quantitative estimate of drug-likeness (QED) is 0.834. The monoisotopic (exact) mass is 370 g/mol. The first kappa shape index (κ1) is 18.9. The second-order valence-electron chi connectivity index (χ2n) is 6.47. The van der Waals surface area contributed by atoms with E-state index in [0.717, 1.165) is 24.5 Å². The highest BCUT2D eigenvalue weighted by Gasteiger charge is 2.17. The van der Waals surface area contributed by atoms with E-state index < -0.39 is 0 Å². The molecule has 2 aromatic carbocycles. The topological polar surface area (TPSA) is 60.0 Å². The number of piperidine rings is 1. The first-order valence-corrected chi connectivity index (χ1v) is 9.12. The van der Waals surface area contributed by atoms with Crippen LogP contribution in [0.2, 0.25) is 0 Å². The Kier molecular flexibility index (Phi) is 6.06. The fourth-order valence-electron chi connectivity index (χ4n) is 3.35. The summed E-state index contributed by atoms with van der Waals surface area (Å²) in [4.78, 5) is 15.1. The molecule has 3 rings (SSSR count). The lowest BCUT2D eigenvalue weighted by atomic mass is 10.1. The normalized spacial score (nSPS) is 13.8. The molecule has 0 bridgehead atoms. The van der Waals surface area contributed by atoms with Crippen molar-refractivity contribution < 1.29 is 19.0 Å². The van der Waals surface area contributed by atoms with Crippen molar-refractivity contribution in [2.75, 3.05) is 44.6 Å². The third kappa shape index (κ3) is 4.27. The molecule has 27 heavy (non-hydrogen) atoms. The summed E-state index contributed by atoms with van der Waals surface area (Å²) in [5, 5.41) is 2.96. The maximum atomic E-state index is 12.8. The van der Waals surface area contributed by atoms with E-state index in [4.69, 9.17) is 14.2 Å². The molecule has 0 atom stereocenters. The number of methoxy groups -OCH3 is 3. The van der Waals surface area contributed by atoms with Gasteiger partial charge < -0.3 is 24.4 Å². The van der Waals surface area contributed by atoms with E-state index in [2.05, 4.69) is 16.3 Å². The largest absolute Gasteiger partial charge is 0.493 e. The second kappa shape index (κ2) is 8.66. The van der Waals surface area contributed by atoms with E-state index in [1.54, 1.807) is 12.1 Å². The van der Waals surface area contributed by atoms with Crippen molar-refractivity contribution in [3.8, 4) is 17.2 Å². The van der Waals surface area contributed by atoms with Gasteiger partial charge in [-0.3, -0.25) is 4.79 Å². The average molecular weight is 370 g/mol. The van der Waals surface area contributed by atoms with Gasteiger partial charge in [-0.05, 0) is 49.6 Å². The minimum absolute atomic E-state index is 0.231. The van der Waals surface area contributed by atoms with Gasteiger partial charge in [-0.15, -0.1) is 0 Å². The molecule has 2 aromatic rings. The van der Waals surface area contributed by atoms with Crippen LogP contribution in [0.3, 0.4) is 0 Å². The third-order valence-electron chi connectivity index (χ3n) is 4.75. The van der Waals surface area contributed by atoms with Crippen LogP contribution in [-0.2, 0) is 0 Å². The van der Waals surface area contributed by atoms with Crippen LogP contribution < -0.4 is 24.4 Å². The Morgan fingerprint density at radius 1 is 0.926 bits per heavy atom. The van der Waals surface area contributed by atoms with Gasteiger partial charge in [0.2, 0.25) is 5.75 Å². The number of hydrogen-bond acceptors (Lipinski definition) is 5. The summed E-state index contributed by atoms with van der Waals surface area (Å²) in [6.07, 6.45) is 3.71. The van der Waals surface area contributed by atoms with Crippen molar-refractivity contribution in [2.24, 2.45) is 0 Å². The molecule has 1 saturated heterocycles. The highest BCUT2D eigenvalue weighted by molar-refractivity contribution is 6.05. The Morgan fingerprint density at radius 3 is 2.19 bits per heavy atom. The maximum absolute atomic E-state index is 12.8. The molecule has 0 saturated carbocycles. The van der Waals surface area contributed by atoms with Gasteiger partial charge in [0.05, 0.1) is 21.3 Å². The second-order valence-corrected chi connectivity index (χ2v) is 6.47. The molecule has 1 amide bonds. The predicted molar refractivity (Wildman–Crippen MR) is 107 cm³/mol. The van der Waals surface area contributed by atoms with Crippen LogP contribution >= 0.6 is 0 Å². The van der Waals surface area contributed by atoms with Crippen molar-refractivity contribution in [2.45, 2.75) is 19.3 Å². The zero-order chi connectivity index (χ0) is 19.2. The van der Waals surface area contributed by atoms with Crippen LogP contribution in [0.15, 0.2) is 36.4 Å². The first-order valence-electron chi connectivity index (χ1n) is 9.12. The van der Waals surface area contributed by atoms with Crippen LogP contribution in [0.25, 0.3) is 0 Å². The molecule has 1 aliphatic rings. The zero-order valence-electron chi connectivity index (χ0n) is 16.1. The van der Waals surface area contributed by atoms with Gasteiger partial charge in [-0.1, -0.05) is 6.07 Å². The van der Waals surface area contributed by atoms with Gasteiger partial charge in [0, 0.05) is 30.0 Å². The van der Waals surface area contributed by atoms with Crippen LogP contribution in [0.5, 0.6) is 17.2 Å². The molecule has 1 aliphatic heterocycles. The zero-order valence-corrected chi connectivity index (χ0v) is 16.1. The fraction of sp³-hybridized carbons (Fsp3) is 0.381. The van der Waals surface area contributed by atoms with Crippen molar-refractivity contribution in [3.05, 3.63) is 42.0 Å². The molecular formula is C21H26N2O4. The molecule has 144 valence electrons. The predicted octanol–water partition coefficient (Wildman–Crippen LogP) is 3.96. The van der Waals surface area contributed by atoms with Gasteiger partial charge in [0.1, 0.15) is 0 Å². The average Bonchev–Trinajstić information content (AvgIpc) is 2.73. The minimum atomic E-state index is -0.231. The summed E-state index contributed by atoms with van der Waals surface area (Å²) in [5.74, 6) is 1.13. The smallest absolute Gasteiger partial charge is 0.255 e. The van der Waals surface area contributed by atoms with Crippen molar-refractivity contribution in [1.29, 1.82) is 0 Å². The number of anilines is 2. The van der Waals surface area contributed by atoms with E-state index in [-0.39, 0.29) is 5.91 Å². The molecule has 6 nitrogen and oxygen atoms in total. The minimum Gasteiger partial charge on any atom is -0.493 e. The van der Waals surface area contributed by atoms with Crippen LogP contribution in [-0.4, -0.2) is 40.3 Å². The van der Waals surface area contributed by atoms with Gasteiger partial charge in [0.15, 0.2) is 11.5 Å². The van der Waals surface area contributed by atoms with Gasteiger partial charge in [-0.2, -0.15) is 0 Å². The number of ether oxygens (including phenoxy) is 3. The molecule has 1 heterocycles. The molecule has 0 radical (unpaired) electrons.